The molecule has 3 aromatic rings. The number of carbonyl (C=O) groups excluding carboxylic acids is 1. The van der Waals surface area contributed by atoms with E-state index in [1.807, 2.05) is 36.4 Å². The number of piperidine rings is 1. The number of ether oxygens (including phenoxy) is 1. The van der Waals surface area contributed by atoms with Gasteiger partial charge in [-0.2, -0.15) is 0 Å². The summed E-state index contributed by atoms with van der Waals surface area (Å²) in [7, 11) is 1.63. The molecule has 154 valence electrons. The molecule has 1 aromatic heterocycles. The minimum absolute atomic E-state index is 0.174. The maximum absolute atomic E-state index is 13.8. The maximum Gasteiger partial charge on any atom is 0.229 e. The van der Waals surface area contributed by atoms with Gasteiger partial charge in [-0.3, -0.25) is 4.79 Å². The number of hydrogen-bond donors (Lipinski definition) is 1. The lowest BCUT2D eigenvalue weighted by Gasteiger charge is -2.32. The van der Waals surface area contributed by atoms with E-state index in [4.69, 9.17) is 4.74 Å². The first-order valence-corrected chi connectivity index (χ1v) is 9.92. The van der Waals surface area contributed by atoms with Crippen LogP contribution in [0.5, 0.6) is 5.75 Å². The highest BCUT2D eigenvalue weighted by atomic mass is 19.1. The molecule has 1 unspecified atom stereocenters. The van der Waals surface area contributed by atoms with E-state index in [1.165, 1.54) is 6.07 Å². The van der Waals surface area contributed by atoms with Gasteiger partial charge in [-0.1, -0.05) is 12.1 Å². The average molecular weight is 406 g/mol. The molecule has 0 aliphatic carbocycles. The number of carbonyl (C=O) groups is 1. The Balaban J connectivity index is 1.42. The van der Waals surface area contributed by atoms with Gasteiger partial charge in [0.15, 0.2) is 5.82 Å². The lowest BCUT2D eigenvalue weighted by molar-refractivity contribution is -0.120. The lowest BCUT2D eigenvalue weighted by Crippen LogP contribution is -2.41. The first kappa shape index (κ1) is 19.8. The first-order chi connectivity index (χ1) is 14.6. The van der Waals surface area contributed by atoms with Crippen molar-refractivity contribution in [3.63, 3.8) is 0 Å². The van der Waals surface area contributed by atoms with Gasteiger partial charge in [-0.15, -0.1) is 10.2 Å². The third-order valence-corrected chi connectivity index (χ3v) is 5.28. The predicted molar refractivity (Wildman–Crippen MR) is 114 cm³/mol. The van der Waals surface area contributed by atoms with Gasteiger partial charge >= 0.3 is 0 Å². The minimum Gasteiger partial charge on any atom is -0.497 e. The van der Waals surface area contributed by atoms with Crippen molar-refractivity contribution in [2.75, 3.05) is 30.4 Å². The summed E-state index contributed by atoms with van der Waals surface area (Å²) in [4.78, 5) is 14.7. The van der Waals surface area contributed by atoms with Gasteiger partial charge in [0, 0.05) is 18.7 Å². The van der Waals surface area contributed by atoms with Crippen molar-refractivity contribution < 1.29 is 13.9 Å². The molecule has 0 radical (unpaired) electrons. The molecule has 2 aromatic carbocycles. The lowest BCUT2D eigenvalue weighted by atomic mass is 9.97. The van der Waals surface area contributed by atoms with Gasteiger partial charge in [0.2, 0.25) is 5.91 Å². The van der Waals surface area contributed by atoms with E-state index in [9.17, 15) is 9.18 Å². The molecule has 1 fully saturated rings. The Bertz CT molecular complexity index is 1010. The van der Waals surface area contributed by atoms with E-state index in [-0.39, 0.29) is 17.5 Å². The summed E-state index contributed by atoms with van der Waals surface area (Å²) >= 11 is 0. The number of nitrogens with one attached hydrogen (secondary N) is 1. The van der Waals surface area contributed by atoms with Crippen molar-refractivity contribution >= 4 is 17.4 Å². The molecule has 1 saturated heterocycles. The number of hydrogen-bond acceptors (Lipinski definition) is 5. The van der Waals surface area contributed by atoms with E-state index in [0.717, 1.165) is 42.2 Å². The largest absolute Gasteiger partial charge is 0.497 e. The van der Waals surface area contributed by atoms with E-state index >= 15 is 0 Å². The van der Waals surface area contributed by atoms with Crippen LogP contribution in [0.25, 0.3) is 11.3 Å². The van der Waals surface area contributed by atoms with Crippen LogP contribution in [0.4, 0.5) is 15.9 Å². The highest BCUT2D eigenvalue weighted by Gasteiger charge is 2.27. The smallest absolute Gasteiger partial charge is 0.229 e. The molecule has 4 rings (SSSR count). The van der Waals surface area contributed by atoms with E-state index < -0.39 is 5.82 Å². The molecule has 2 heterocycles. The molecule has 0 saturated carbocycles. The fraction of sp³-hybridized carbons (Fsp3) is 0.261. The number of para-hydroxylation sites is 1. The number of anilines is 2. The molecule has 1 atom stereocenters. The van der Waals surface area contributed by atoms with Crippen LogP contribution < -0.4 is 15.0 Å². The second-order valence-corrected chi connectivity index (χ2v) is 7.26. The molecular formula is C23H23FN4O2. The maximum atomic E-state index is 13.8. The number of benzene rings is 2. The standard InChI is InChI=1S/C23H23FN4O2/c1-30-18-10-8-16(9-11-18)20-12-13-22(27-26-20)28-14-4-5-17(15-28)23(29)25-21-7-3-2-6-19(21)24/h2-3,6-13,17H,4-5,14-15H2,1H3,(H,25,29). The molecule has 0 bridgehead atoms. The highest BCUT2D eigenvalue weighted by Crippen LogP contribution is 2.25. The van der Waals surface area contributed by atoms with Crippen molar-refractivity contribution in [1.82, 2.24) is 10.2 Å². The minimum atomic E-state index is -0.432. The van der Waals surface area contributed by atoms with Crippen molar-refractivity contribution in [3.8, 4) is 17.0 Å². The van der Waals surface area contributed by atoms with E-state index in [1.54, 1.807) is 25.3 Å². The zero-order valence-corrected chi connectivity index (χ0v) is 16.7. The quantitative estimate of drug-likeness (QED) is 0.690. The Morgan fingerprint density at radius 1 is 1.10 bits per heavy atom. The third-order valence-electron chi connectivity index (χ3n) is 5.28. The number of aromatic nitrogens is 2. The molecule has 6 nitrogen and oxygen atoms in total. The Labute approximate surface area is 174 Å². The molecule has 1 aliphatic rings. The molecule has 1 amide bonds. The average Bonchev–Trinajstić information content (AvgIpc) is 2.81. The van der Waals surface area contributed by atoms with Gasteiger partial charge < -0.3 is 15.0 Å². The topological polar surface area (TPSA) is 67.3 Å². The normalized spacial score (nSPS) is 16.2. The Morgan fingerprint density at radius 2 is 1.90 bits per heavy atom. The summed E-state index contributed by atoms with van der Waals surface area (Å²) in [5, 5.41) is 11.4. The van der Waals surface area contributed by atoms with Crippen LogP contribution in [-0.2, 0) is 4.79 Å². The predicted octanol–water partition coefficient (Wildman–Crippen LogP) is 4.15. The van der Waals surface area contributed by atoms with Crippen LogP contribution in [0.2, 0.25) is 0 Å². The van der Waals surface area contributed by atoms with Crippen LogP contribution >= 0.6 is 0 Å². The highest BCUT2D eigenvalue weighted by molar-refractivity contribution is 5.93. The first-order valence-electron chi connectivity index (χ1n) is 9.92. The zero-order chi connectivity index (χ0) is 20.9. The van der Waals surface area contributed by atoms with Crippen molar-refractivity contribution in [3.05, 3.63) is 66.5 Å². The van der Waals surface area contributed by atoms with Crippen LogP contribution in [0.3, 0.4) is 0 Å². The summed E-state index contributed by atoms with van der Waals surface area (Å²) in [5.74, 6) is 0.680. The Morgan fingerprint density at radius 3 is 2.60 bits per heavy atom. The molecule has 0 spiro atoms. The zero-order valence-electron chi connectivity index (χ0n) is 16.7. The Hall–Kier alpha value is -3.48. The summed E-state index contributed by atoms with van der Waals surface area (Å²) in [6.07, 6.45) is 1.62. The molecular weight excluding hydrogens is 383 g/mol. The number of rotatable bonds is 5. The van der Waals surface area contributed by atoms with Gasteiger partial charge in [0.05, 0.1) is 24.4 Å². The fourth-order valence-corrected chi connectivity index (χ4v) is 3.61. The second kappa shape index (κ2) is 8.90. The van der Waals surface area contributed by atoms with Gasteiger partial charge in [0.1, 0.15) is 11.6 Å². The molecule has 1 N–H and O–H groups in total. The second-order valence-electron chi connectivity index (χ2n) is 7.26. The van der Waals surface area contributed by atoms with Gasteiger partial charge in [0.25, 0.3) is 0 Å². The molecule has 30 heavy (non-hydrogen) atoms. The van der Waals surface area contributed by atoms with Crippen LogP contribution in [0.15, 0.2) is 60.7 Å². The van der Waals surface area contributed by atoms with Crippen molar-refractivity contribution in [2.45, 2.75) is 12.8 Å². The van der Waals surface area contributed by atoms with Crippen LogP contribution in [0.1, 0.15) is 12.8 Å². The summed E-state index contributed by atoms with van der Waals surface area (Å²) in [6, 6.07) is 17.7. The number of halogens is 1. The molecule has 7 heteroatoms. The van der Waals surface area contributed by atoms with E-state index in [0.29, 0.717) is 6.54 Å². The summed E-state index contributed by atoms with van der Waals surface area (Å²) in [5.41, 5.74) is 1.94. The summed E-state index contributed by atoms with van der Waals surface area (Å²) in [6.45, 7) is 1.33. The number of amides is 1. The van der Waals surface area contributed by atoms with Crippen molar-refractivity contribution in [2.24, 2.45) is 5.92 Å². The van der Waals surface area contributed by atoms with Crippen molar-refractivity contribution in [1.29, 1.82) is 0 Å². The van der Waals surface area contributed by atoms with E-state index in [2.05, 4.69) is 20.4 Å². The van der Waals surface area contributed by atoms with Crippen LogP contribution in [0, 0.1) is 11.7 Å². The SMILES string of the molecule is COc1ccc(-c2ccc(N3CCCC(C(=O)Nc4ccccc4F)C3)nn2)cc1. The molecule has 1 aliphatic heterocycles. The third kappa shape index (κ3) is 4.40. The van der Waals surface area contributed by atoms with Crippen LogP contribution in [-0.4, -0.2) is 36.3 Å². The fourth-order valence-electron chi connectivity index (χ4n) is 3.61. The number of nitrogens with zero attached hydrogens (tertiary/aromatic N) is 3. The summed E-state index contributed by atoms with van der Waals surface area (Å²) < 4.78 is 19.0. The van der Waals surface area contributed by atoms with Gasteiger partial charge in [-0.05, 0) is 61.4 Å². The Kier molecular flexibility index (Phi) is 5.88. The van der Waals surface area contributed by atoms with Gasteiger partial charge in [-0.25, -0.2) is 4.39 Å². The monoisotopic (exact) mass is 406 g/mol. The number of methoxy groups -OCH3 is 1.